The number of hydrogen-bond acceptors (Lipinski definition) is 5. The van der Waals surface area contributed by atoms with E-state index in [0.717, 1.165) is 0 Å². The lowest BCUT2D eigenvalue weighted by atomic mass is 9.84. The highest BCUT2D eigenvalue weighted by Crippen LogP contribution is 2.43. The number of benzene rings is 1. The summed E-state index contributed by atoms with van der Waals surface area (Å²) >= 11 is 0. The highest BCUT2D eigenvalue weighted by Gasteiger charge is 2.47. The number of fused-ring (bicyclic) bond motifs is 1. The average molecular weight is 238 g/mol. The summed E-state index contributed by atoms with van der Waals surface area (Å²) in [6.07, 6.45) is 0. The maximum atomic E-state index is 11.5. The van der Waals surface area contributed by atoms with Crippen LogP contribution in [-0.4, -0.2) is 29.9 Å². The average Bonchev–Trinajstić information content (AvgIpc) is 2.65. The van der Waals surface area contributed by atoms with E-state index in [9.17, 15) is 15.0 Å². The Morgan fingerprint density at radius 1 is 1.59 bits per heavy atom. The second kappa shape index (κ2) is 3.92. The van der Waals surface area contributed by atoms with Crippen molar-refractivity contribution in [2.75, 3.05) is 13.7 Å². The number of carbonyl (C=O) groups is 1. The number of aliphatic hydroxyl groups is 1. The monoisotopic (exact) mass is 238 g/mol. The molecular weight excluding hydrogens is 224 g/mol. The van der Waals surface area contributed by atoms with Crippen molar-refractivity contribution in [2.24, 2.45) is 5.92 Å². The van der Waals surface area contributed by atoms with Crippen molar-refractivity contribution in [1.82, 2.24) is 0 Å². The van der Waals surface area contributed by atoms with Gasteiger partial charge < -0.3 is 19.7 Å². The summed E-state index contributed by atoms with van der Waals surface area (Å²) in [5.41, 5.74) is -0.913. The first-order chi connectivity index (χ1) is 7.99. The van der Waals surface area contributed by atoms with Gasteiger partial charge in [-0.05, 0) is 19.1 Å². The SMILES string of the molecule is COC(=O)C(C)C1(O)COc2cc(O)ccc21. The number of esters is 1. The van der Waals surface area contributed by atoms with Gasteiger partial charge >= 0.3 is 5.97 Å². The van der Waals surface area contributed by atoms with Crippen LogP contribution in [0.4, 0.5) is 0 Å². The lowest BCUT2D eigenvalue weighted by Gasteiger charge is -2.26. The second-order valence-electron chi connectivity index (χ2n) is 4.14. The fourth-order valence-corrected chi connectivity index (χ4v) is 1.98. The first kappa shape index (κ1) is 11.7. The van der Waals surface area contributed by atoms with Crippen molar-refractivity contribution >= 4 is 5.97 Å². The molecule has 1 aromatic rings. The van der Waals surface area contributed by atoms with Crippen molar-refractivity contribution in [3.05, 3.63) is 23.8 Å². The Balaban J connectivity index is 2.40. The summed E-state index contributed by atoms with van der Waals surface area (Å²) < 4.78 is 9.92. The standard InChI is InChI=1S/C12H14O5/c1-7(11(14)16-2)12(15)6-17-10-5-8(13)3-4-9(10)12/h3-5,7,13,15H,6H2,1-2H3. The number of phenolic OH excluding ortho intramolecular Hbond substituents is 1. The molecule has 2 N–H and O–H groups in total. The van der Waals surface area contributed by atoms with Gasteiger partial charge in [-0.2, -0.15) is 0 Å². The molecular formula is C12H14O5. The minimum atomic E-state index is -1.41. The molecule has 0 saturated heterocycles. The van der Waals surface area contributed by atoms with E-state index in [1.807, 2.05) is 0 Å². The maximum absolute atomic E-state index is 11.5. The Morgan fingerprint density at radius 3 is 2.94 bits per heavy atom. The van der Waals surface area contributed by atoms with Crippen LogP contribution >= 0.6 is 0 Å². The smallest absolute Gasteiger partial charge is 0.311 e. The van der Waals surface area contributed by atoms with Gasteiger partial charge in [-0.1, -0.05) is 0 Å². The first-order valence-electron chi connectivity index (χ1n) is 5.25. The third-order valence-electron chi connectivity index (χ3n) is 3.15. The van der Waals surface area contributed by atoms with Gasteiger partial charge in [0, 0.05) is 11.6 Å². The van der Waals surface area contributed by atoms with Crippen LogP contribution in [-0.2, 0) is 15.1 Å². The third-order valence-corrected chi connectivity index (χ3v) is 3.15. The van der Waals surface area contributed by atoms with Crippen LogP contribution in [0.2, 0.25) is 0 Å². The maximum Gasteiger partial charge on any atom is 0.311 e. The number of ether oxygens (including phenoxy) is 2. The largest absolute Gasteiger partial charge is 0.508 e. The van der Waals surface area contributed by atoms with Gasteiger partial charge in [0.1, 0.15) is 23.7 Å². The molecule has 17 heavy (non-hydrogen) atoms. The molecule has 1 heterocycles. The fourth-order valence-electron chi connectivity index (χ4n) is 1.98. The van der Waals surface area contributed by atoms with E-state index < -0.39 is 17.5 Å². The topological polar surface area (TPSA) is 76.0 Å². The molecule has 0 aliphatic carbocycles. The molecule has 1 aliphatic rings. The predicted molar refractivity (Wildman–Crippen MR) is 58.7 cm³/mol. The lowest BCUT2D eigenvalue weighted by molar-refractivity contribution is -0.156. The minimum absolute atomic E-state index is 0.0257. The summed E-state index contributed by atoms with van der Waals surface area (Å²) in [6.45, 7) is 1.55. The minimum Gasteiger partial charge on any atom is -0.508 e. The van der Waals surface area contributed by atoms with E-state index in [1.165, 1.54) is 19.2 Å². The molecule has 0 fully saturated rings. The van der Waals surface area contributed by atoms with Crippen molar-refractivity contribution in [3.63, 3.8) is 0 Å². The van der Waals surface area contributed by atoms with Gasteiger partial charge in [0.25, 0.3) is 0 Å². The van der Waals surface area contributed by atoms with Gasteiger partial charge in [0.05, 0.1) is 13.0 Å². The fraction of sp³-hybridized carbons (Fsp3) is 0.417. The molecule has 0 spiro atoms. The molecule has 1 aromatic carbocycles. The highest BCUT2D eigenvalue weighted by atomic mass is 16.5. The van der Waals surface area contributed by atoms with E-state index in [-0.39, 0.29) is 12.4 Å². The second-order valence-corrected chi connectivity index (χ2v) is 4.14. The van der Waals surface area contributed by atoms with Crippen LogP contribution in [0, 0.1) is 5.92 Å². The van der Waals surface area contributed by atoms with Gasteiger partial charge in [-0.25, -0.2) is 0 Å². The predicted octanol–water partition coefficient (Wildman–Crippen LogP) is 0.781. The van der Waals surface area contributed by atoms with Gasteiger partial charge in [-0.3, -0.25) is 4.79 Å². The molecule has 0 aromatic heterocycles. The Bertz CT molecular complexity index is 456. The Kier molecular flexibility index (Phi) is 2.71. The molecule has 1 aliphatic heterocycles. The molecule has 92 valence electrons. The van der Waals surface area contributed by atoms with E-state index >= 15 is 0 Å². The number of methoxy groups -OCH3 is 1. The summed E-state index contributed by atoms with van der Waals surface area (Å²) in [7, 11) is 1.27. The Labute approximate surface area is 98.6 Å². The number of aromatic hydroxyl groups is 1. The zero-order valence-electron chi connectivity index (χ0n) is 9.64. The van der Waals surface area contributed by atoms with E-state index in [4.69, 9.17) is 4.74 Å². The molecule has 2 unspecified atom stereocenters. The Morgan fingerprint density at radius 2 is 2.29 bits per heavy atom. The molecule has 5 heteroatoms. The Hall–Kier alpha value is -1.75. The van der Waals surface area contributed by atoms with Crippen LogP contribution in [0.1, 0.15) is 12.5 Å². The molecule has 0 bridgehead atoms. The number of phenols is 1. The van der Waals surface area contributed by atoms with Crippen LogP contribution in [0.5, 0.6) is 11.5 Å². The molecule has 2 atom stereocenters. The van der Waals surface area contributed by atoms with Crippen molar-refractivity contribution in [1.29, 1.82) is 0 Å². The van der Waals surface area contributed by atoms with Crippen LogP contribution in [0.3, 0.4) is 0 Å². The van der Waals surface area contributed by atoms with Crippen LogP contribution < -0.4 is 4.74 Å². The van der Waals surface area contributed by atoms with Crippen molar-refractivity contribution in [3.8, 4) is 11.5 Å². The number of hydrogen-bond donors (Lipinski definition) is 2. The van der Waals surface area contributed by atoms with Gasteiger partial charge in [0.15, 0.2) is 0 Å². The zero-order chi connectivity index (χ0) is 12.6. The summed E-state index contributed by atoms with van der Waals surface area (Å²) in [4.78, 5) is 11.5. The van der Waals surface area contributed by atoms with Gasteiger partial charge in [0.2, 0.25) is 0 Å². The summed E-state index contributed by atoms with van der Waals surface area (Å²) in [5, 5.41) is 19.8. The number of carbonyl (C=O) groups excluding carboxylic acids is 1. The van der Waals surface area contributed by atoms with Crippen LogP contribution in [0.25, 0.3) is 0 Å². The van der Waals surface area contributed by atoms with Gasteiger partial charge in [-0.15, -0.1) is 0 Å². The summed E-state index contributed by atoms with van der Waals surface area (Å²) in [5.74, 6) is -0.794. The normalized spacial score (nSPS) is 23.7. The third kappa shape index (κ3) is 1.72. The summed E-state index contributed by atoms with van der Waals surface area (Å²) in [6, 6.07) is 4.41. The first-order valence-corrected chi connectivity index (χ1v) is 5.25. The molecule has 0 amide bonds. The zero-order valence-corrected chi connectivity index (χ0v) is 9.64. The molecule has 5 nitrogen and oxygen atoms in total. The molecule has 0 radical (unpaired) electrons. The van der Waals surface area contributed by atoms with E-state index in [2.05, 4.69) is 4.74 Å². The highest BCUT2D eigenvalue weighted by molar-refractivity contribution is 5.74. The quantitative estimate of drug-likeness (QED) is 0.745. The van der Waals surface area contributed by atoms with Crippen molar-refractivity contribution < 1.29 is 24.5 Å². The molecule has 0 saturated carbocycles. The lowest BCUT2D eigenvalue weighted by Crippen LogP contribution is -2.40. The van der Waals surface area contributed by atoms with Crippen molar-refractivity contribution in [2.45, 2.75) is 12.5 Å². The van der Waals surface area contributed by atoms with E-state index in [0.29, 0.717) is 11.3 Å². The van der Waals surface area contributed by atoms with E-state index in [1.54, 1.807) is 13.0 Å². The molecule has 2 rings (SSSR count). The number of rotatable bonds is 2. The van der Waals surface area contributed by atoms with Crippen LogP contribution in [0.15, 0.2) is 18.2 Å².